The molecule has 2 aromatic heterocycles. The predicted molar refractivity (Wildman–Crippen MR) is 123 cm³/mol. The first-order valence-electron chi connectivity index (χ1n) is 11.1. The maximum absolute atomic E-state index is 13.3. The number of aliphatic hydroxyl groups is 1. The van der Waals surface area contributed by atoms with E-state index >= 15 is 0 Å². The minimum absolute atomic E-state index is 0.0124. The van der Waals surface area contributed by atoms with E-state index in [1.807, 2.05) is 0 Å². The number of rotatable bonds is 10. The molecule has 1 aliphatic heterocycles. The molecule has 0 unspecified atom stereocenters. The zero-order valence-corrected chi connectivity index (χ0v) is 18.5. The van der Waals surface area contributed by atoms with Crippen LogP contribution in [0.25, 0.3) is 11.0 Å². The molecule has 33 heavy (non-hydrogen) atoms. The van der Waals surface area contributed by atoms with Crippen molar-refractivity contribution in [2.24, 2.45) is 0 Å². The minimum Gasteiger partial charge on any atom is -0.394 e. The van der Waals surface area contributed by atoms with Crippen molar-refractivity contribution in [1.29, 1.82) is 0 Å². The molecule has 0 radical (unpaired) electrons. The maximum Gasteiger partial charge on any atom is 0.195 e. The number of carbonyl (C=O) groups is 2. The van der Waals surface area contributed by atoms with E-state index in [9.17, 15) is 14.7 Å². The number of nitrogens with one attached hydrogen (secondary N) is 2. The fourth-order valence-corrected chi connectivity index (χ4v) is 3.99. The van der Waals surface area contributed by atoms with Crippen molar-refractivity contribution in [1.82, 2.24) is 15.0 Å². The van der Waals surface area contributed by atoms with Crippen LogP contribution < -0.4 is 5.32 Å². The average Bonchev–Trinajstić information content (AvgIpc) is 3.29. The lowest BCUT2D eigenvalue weighted by Gasteiger charge is -2.29. The summed E-state index contributed by atoms with van der Waals surface area (Å²) in [5.41, 5.74) is 2.07. The van der Waals surface area contributed by atoms with Gasteiger partial charge < -0.3 is 24.9 Å². The van der Waals surface area contributed by atoms with E-state index in [4.69, 9.17) is 9.47 Å². The largest absolute Gasteiger partial charge is 0.394 e. The van der Waals surface area contributed by atoms with Gasteiger partial charge in [0.2, 0.25) is 0 Å². The summed E-state index contributed by atoms with van der Waals surface area (Å²) in [6.07, 6.45) is 5.58. The highest BCUT2D eigenvalue weighted by Gasteiger charge is 2.24. The van der Waals surface area contributed by atoms with Gasteiger partial charge in [-0.05, 0) is 19.3 Å². The summed E-state index contributed by atoms with van der Waals surface area (Å²) in [4.78, 5) is 37.2. The second kappa shape index (κ2) is 10.7. The molecule has 1 aliphatic rings. The van der Waals surface area contributed by atoms with E-state index in [2.05, 4.69) is 20.3 Å². The Morgan fingerprint density at radius 3 is 2.70 bits per heavy atom. The average molecular weight is 453 g/mol. The number of anilines is 1. The minimum atomic E-state index is -0.183. The molecule has 4 rings (SSSR count). The molecule has 2 atom stereocenters. The second-order valence-electron chi connectivity index (χ2n) is 8.13. The fraction of sp³-hybridized carbons (Fsp3) is 0.417. The van der Waals surface area contributed by atoms with Gasteiger partial charge in [0.15, 0.2) is 11.6 Å². The van der Waals surface area contributed by atoms with Gasteiger partial charge in [0.05, 0.1) is 36.3 Å². The van der Waals surface area contributed by atoms with Crippen LogP contribution in [0.1, 0.15) is 52.0 Å². The Hall–Kier alpha value is -3.14. The quantitative estimate of drug-likeness (QED) is 0.317. The number of aliphatic hydroxyl groups excluding tert-OH is 1. The Bertz CT molecular complexity index is 1100. The molecule has 0 saturated carbocycles. The van der Waals surface area contributed by atoms with Crippen LogP contribution >= 0.6 is 0 Å². The number of H-pyrrole nitrogens is 1. The zero-order valence-electron chi connectivity index (χ0n) is 18.5. The SMILES string of the molecule is COCCCC(=O)c1ccc(C(=O)c2c[nH]c3ncnc(N[C@@H]4CC[C@@H](CO)OC4)c23)cc1. The maximum atomic E-state index is 13.3. The van der Waals surface area contributed by atoms with Gasteiger partial charge in [-0.25, -0.2) is 9.97 Å². The number of methoxy groups -OCH3 is 1. The molecule has 9 heteroatoms. The molecular formula is C24H28N4O5. The van der Waals surface area contributed by atoms with Crippen molar-refractivity contribution in [3.63, 3.8) is 0 Å². The molecule has 0 spiro atoms. The van der Waals surface area contributed by atoms with Gasteiger partial charge in [-0.1, -0.05) is 24.3 Å². The number of nitrogens with zero attached hydrogens (tertiary/aromatic N) is 2. The van der Waals surface area contributed by atoms with Crippen molar-refractivity contribution >= 4 is 28.4 Å². The number of ether oxygens (including phenoxy) is 2. The standard InChI is InChI=1S/C24H28N4O5/c1-32-10-2-3-20(30)15-4-6-16(7-5-15)22(31)19-11-25-23-21(19)24(27-14-26-23)28-17-8-9-18(12-29)33-13-17/h4-7,11,14,17-18,29H,2-3,8-10,12-13H2,1H3,(H2,25,26,27,28)/t17-,18+/m1/s1. The molecule has 0 bridgehead atoms. The Labute approximate surface area is 191 Å². The van der Waals surface area contributed by atoms with E-state index in [0.717, 1.165) is 12.8 Å². The third-order valence-corrected chi connectivity index (χ3v) is 5.85. The van der Waals surface area contributed by atoms with Crippen molar-refractivity contribution in [3.05, 3.63) is 53.5 Å². The van der Waals surface area contributed by atoms with Crippen molar-refractivity contribution in [2.45, 2.75) is 37.8 Å². The summed E-state index contributed by atoms with van der Waals surface area (Å²) < 4.78 is 10.6. The van der Waals surface area contributed by atoms with Crippen LogP contribution in [-0.4, -0.2) is 70.7 Å². The number of benzene rings is 1. The van der Waals surface area contributed by atoms with E-state index in [-0.39, 0.29) is 30.3 Å². The highest BCUT2D eigenvalue weighted by Crippen LogP contribution is 2.27. The number of fused-ring (bicyclic) bond motifs is 1. The van der Waals surface area contributed by atoms with Crippen LogP contribution in [0.3, 0.4) is 0 Å². The number of carbonyl (C=O) groups excluding carboxylic acids is 2. The van der Waals surface area contributed by atoms with E-state index in [1.165, 1.54) is 6.33 Å². The molecule has 3 N–H and O–H groups in total. The molecule has 174 valence electrons. The van der Waals surface area contributed by atoms with Crippen LogP contribution in [0.5, 0.6) is 0 Å². The van der Waals surface area contributed by atoms with Gasteiger partial charge in [-0.15, -0.1) is 0 Å². The van der Waals surface area contributed by atoms with E-state index in [0.29, 0.717) is 59.6 Å². The molecular weight excluding hydrogens is 424 g/mol. The molecule has 3 aromatic rings. The lowest BCUT2D eigenvalue weighted by Crippen LogP contribution is -2.36. The van der Waals surface area contributed by atoms with Gasteiger partial charge >= 0.3 is 0 Å². The van der Waals surface area contributed by atoms with Crippen LogP contribution in [0, 0.1) is 0 Å². The number of hydrogen-bond acceptors (Lipinski definition) is 8. The summed E-state index contributed by atoms with van der Waals surface area (Å²) in [5.74, 6) is 0.402. The smallest absolute Gasteiger partial charge is 0.195 e. The normalized spacial score (nSPS) is 18.4. The van der Waals surface area contributed by atoms with Crippen molar-refractivity contribution in [2.75, 3.05) is 32.2 Å². The number of ketones is 2. The number of aromatic nitrogens is 3. The topological polar surface area (TPSA) is 126 Å². The van der Waals surface area contributed by atoms with Gasteiger partial charge in [-0.3, -0.25) is 9.59 Å². The van der Waals surface area contributed by atoms with Crippen molar-refractivity contribution < 1.29 is 24.2 Å². The first kappa shape index (κ1) is 23.0. The van der Waals surface area contributed by atoms with E-state index < -0.39 is 0 Å². The Morgan fingerprint density at radius 2 is 2.00 bits per heavy atom. The third-order valence-electron chi connectivity index (χ3n) is 5.85. The second-order valence-corrected chi connectivity index (χ2v) is 8.13. The van der Waals surface area contributed by atoms with E-state index in [1.54, 1.807) is 37.6 Å². The molecule has 1 fully saturated rings. The van der Waals surface area contributed by atoms with Crippen molar-refractivity contribution in [3.8, 4) is 0 Å². The Kier molecular flexibility index (Phi) is 7.43. The summed E-state index contributed by atoms with van der Waals surface area (Å²) in [6, 6.07) is 6.73. The Balaban J connectivity index is 1.52. The highest BCUT2D eigenvalue weighted by atomic mass is 16.5. The summed E-state index contributed by atoms with van der Waals surface area (Å²) >= 11 is 0. The monoisotopic (exact) mass is 452 g/mol. The first-order valence-corrected chi connectivity index (χ1v) is 11.1. The number of aromatic amines is 1. The number of hydrogen-bond donors (Lipinski definition) is 3. The molecule has 9 nitrogen and oxygen atoms in total. The highest BCUT2D eigenvalue weighted by molar-refractivity contribution is 6.18. The molecule has 0 aliphatic carbocycles. The molecule has 1 aromatic carbocycles. The van der Waals surface area contributed by atoms with Gasteiger partial charge in [-0.2, -0.15) is 0 Å². The number of Topliss-reactive ketones (excluding diaryl/α,β-unsaturated/α-hetero) is 1. The first-order chi connectivity index (χ1) is 16.1. The lowest BCUT2D eigenvalue weighted by molar-refractivity contribution is -0.0224. The third kappa shape index (κ3) is 5.27. The summed E-state index contributed by atoms with van der Waals surface area (Å²) in [6.45, 7) is 0.999. The van der Waals surface area contributed by atoms with Gasteiger partial charge in [0.25, 0.3) is 0 Å². The van der Waals surface area contributed by atoms with Crippen LogP contribution in [0.15, 0.2) is 36.8 Å². The van der Waals surface area contributed by atoms with Crippen LogP contribution in [0.2, 0.25) is 0 Å². The van der Waals surface area contributed by atoms with Gasteiger partial charge in [0.1, 0.15) is 17.8 Å². The lowest BCUT2D eigenvalue weighted by atomic mass is 9.99. The van der Waals surface area contributed by atoms with Crippen LogP contribution in [0.4, 0.5) is 5.82 Å². The van der Waals surface area contributed by atoms with Gasteiger partial charge in [0, 0.05) is 37.5 Å². The molecule has 3 heterocycles. The fourth-order valence-electron chi connectivity index (χ4n) is 3.99. The van der Waals surface area contributed by atoms with Crippen LogP contribution in [-0.2, 0) is 9.47 Å². The molecule has 0 amide bonds. The Morgan fingerprint density at radius 1 is 1.21 bits per heavy atom. The predicted octanol–water partition coefficient (Wildman–Crippen LogP) is 2.75. The zero-order chi connectivity index (χ0) is 23.2. The summed E-state index contributed by atoms with van der Waals surface area (Å²) in [7, 11) is 1.61. The molecule has 1 saturated heterocycles. The summed E-state index contributed by atoms with van der Waals surface area (Å²) in [5, 5.41) is 13.2.